The number of hydrogen-bond acceptors (Lipinski definition) is 7. The van der Waals surface area contributed by atoms with Crippen molar-refractivity contribution < 1.29 is 24.2 Å². The normalized spacial score (nSPS) is 16.3. The van der Waals surface area contributed by atoms with E-state index < -0.39 is 11.7 Å². The predicted octanol–water partition coefficient (Wildman–Crippen LogP) is 4.45. The third-order valence-corrected chi connectivity index (χ3v) is 7.05. The maximum absolute atomic E-state index is 13.1. The van der Waals surface area contributed by atoms with E-state index in [0.717, 1.165) is 26.2 Å². The van der Waals surface area contributed by atoms with Gasteiger partial charge in [0.15, 0.2) is 6.61 Å². The van der Waals surface area contributed by atoms with Crippen molar-refractivity contribution in [1.29, 1.82) is 0 Å². The van der Waals surface area contributed by atoms with Gasteiger partial charge in [0.1, 0.15) is 11.4 Å². The number of hydrogen-bond donors (Lipinski definition) is 1. The summed E-state index contributed by atoms with van der Waals surface area (Å²) in [5.41, 5.74) is 2.38. The highest BCUT2D eigenvalue weighted by molar-refractivity contribution is 7.19. The van der Waals surface area contributed by atoms with E-state index in [0.29, 0.717) is 29.5 Å². The lowest BCUT2D eigenvalue weighted by molar-refractivity contribution is -0.122. The van der Waals surface area contributed by atoms with E-state index in [1.54, 1.807) is 22.1 Å². The fourth-order valence-electron chi connectivity index (χ4n) is 4.23. The zero-order valence-corrected chi connectivity index (χ0v) is 20.6. The van der Waals surface area contributed by atoms with E-state index in [1.165, 1.54) is 11.3 Å². The Morgan fingerprint density at radius 3 is 2.76 bits per heavy atom. The summed E-state index contributed by atoms with van der Waals surface area (Å²) < 4.78 is 12.1. The van der Waals surface area contributed by atoms with E-state index in [2.05, 4.69) is 4.98 Å². The number of carbonyl (C=O) groups excluding carboxylic acids is 2. The first-order chi connectivity index (χ1) is 16.1. The summed E-state index contributed by atoms with van der Waals surface area (Å²) in [6.07, 6.45) is 1.30. The Bertz CT molecular complexity index is 1300. The van der Waals surface area contributed by atoms with E-state index in [9.17, 15) is 14.7 Å². The standard InChI is InChI=1S/C24H24ClN3O5S/c1-24(2,3)33-23(31)27-9-14(10-27)28-20(30)12-32-19-7-13(25)6-17(21(19)28)16-4-5-26-18-8-15(11-29)34-22(16)18/h4-8,14,29H,9-12H2,1-3H3. The van der Waals surface area contributed by atoms with Crippen molar-refractivity contribution >= 4 is 50.8 Å². The minimum Gasteiger partial charge on any atom is -0.481 e. The number of amides is 2. The fourth-order valence-corrected chi connectivity index (χ4v) is 5.44. The Morgan fingerprint density at radius 1 is 1.29 bits per heavy atom. The molecule has 2 amide bonds. The lowest BCUT2D eigenvalue weighted by Crippen LogP contribution is -2.64. The quantitative estimate of drug-likeness (QED) is 0.570. The van der Waals surface area contributed by atoms with Crippen molar-refractivity contribution in [2.24, 2.45) is 0 Å². The Hall–Kier alpha value is -2.88. The van der Waals surface area contributed by atoms with Crippen molar-refractivity contribution in [3.8, 4) is 16.9 Å². The average molecular weight is 502 g/mol. The molecule has 2 aromatic heterocycles. The molecule has 178 valence electrons. The molecule has 1 saturated heterocycles. The fraction of sp³-hybridized carbons (Fsp3) is 0.375. The van der Waals surface area contributed by atoms with Gasteiger partial charge in [-0.25, -0.2) is 4.79 Å². The van der Waals surface area contributed by atoms with Crippen LogP contribution in [-0.2, 0) is 16.1 Å². The summed E-state index contributed by atoms with van der Waals surface area (Å²) in [7, 11) is 0. The second kappa shape index (κ2) is 8.41. The summed E-state index contributed by atoms with van der Waals surface area (Å²) in [4.78, 5) is 34.0. The molecular formula is C24H24ClN3O5S. The van der Waals surface area contributed by atoms with Crippen LogP contribution in [0.3, 0.4) is 0 Å². The molecule has 34 heavy (non-hydrogen) atoms. The number of carbonyl (C=O) groups is 2. The molecular weight excluding hydrogens is 478 g/mol. The smallest absolute Gasteiger partial charge is 0.410 e. The van der Waals surface area contributed by atoms with Gasteiger partial charge in [-0.05, 0) is 39.0 Å². The number of aromatic nitrogens is 1. The number of halogens is 1. The van der Waals surface area contributed by atoms with Crippen LogP contribution in [0.25, 0.3) is 21.3 Å². The number of nitrogens with zero attached hydrogens (tertiary/aromatic N) is 3. The van der Waals surface area contributed by atoms with Gasteiger partial charge < -0.3 is 19.5 Å². The molecule has 0 radical (unpaired) electrons. The molecule has 10 heteroatoms. The molecule has 0 bridgehead atoms. The van der Waals surface area contributed by atoms with Gasteiger partial charge in [-0.15, -0.1) is 11.3 Å². The number of anilines is 1. The third-order valence-electron chi connectivity index (χ3n) is 5.69. The molecule has 0 saturated carbocycles. The summed E-state index contributed by atoms with van der Waals surface area (Å²) in [5.74, 6) is 0.333. The van der Waals surface area contributed by atoms with E-state index in [4.69, 9.17) is 21.1 Å². The number of aliphatic hydroxyl groups excluding tert-OH is 1. The van der Waals surface area contributed by atoms with Crippen LogP contribution in [0.1, 0.15) is 25.6 Å². The Kier molecular flexibility index (Phi) is 5.66. The van der Waals surface area contributed by atoms with Gasteiger partial charge in [0.25, 0.3) is 5.91 Å². The molecule has 4 heterocycles. The van der Waals surface area contributed by atoms with Crippen molar-refractivity contribution in [3.63, 3.8) is 0 Å². The number of pyridine rings is 1. The number of thiophene rings is 1. The van der Waals surface area contributed by atoms with Gasteiger partial charge in [0.05, 0.1) is 28.6 Å². The van der Waals surface area contributed by atoms with Crippen LogP contribution in [0.5, 0.6) is 5.75 Å². The third kappa shape index (κ3) is 4.08. The lowest BCUT2D eigenvalue weighted by atomic mass is 9.98. The van der Waals surface area contributed by atoms with Crippen LogP contribution >= 0.6 is 22.9 Å². The molecule has 2 aliphatic heterocycles. The molecule has 1 fully saturated rings. The van der Waals surface area contributed by atoms with Crippen molar-refractivity contribution in [2.75, 3.05) is 24.6 Å². The SMILES string of the molecule is CC(C)(C)OC(=O)N1CC(N2C(=O)COc3cc(Cl)cc(-c4ccnc5cc(CO)sc45)c32)C1. The van der Waals surface area contributed by atoms with Crippen molar-refractivity contribution in [3.05, 3.63) is 40.4 Å². The van der Waals surface area contributed by atoms with Crippen LogP contribution < -0.4 is 9.64 Å². The summed E-state index contributed by atoms with van der Waals surface area (Å²) >= 11 is 7.89. The number of aliphatic hydroxyl groups is 1. The van der Waals surface area contributed by atoms with Gasteiger partial charge in [-0.2, -0.15) is 0 Å². The molecule has 5 rings (SSSR count). The minimum absolute atomic E-state index is 0.0790. The predicted molar refractivity (Wildman–Crippen MR) is 131 cm³/mol. The molecule has 1 aromatic carbocycles. The van der Waals surface area contributed by atoms with Gasteiger partial charge in [0.2, 0.25) is 0 Å². The van der Waals surface area contributed by atoms with Gasteiger partial charge in [0, 0.05) is 46.4 Å². The monoisotopic (exact) mass is 501 g/mol. The van der Waals surface area contributed by atoms with Crippen LogP contribution in [0.2, 0.25) is 5.02 Å². The lowest BCUT2D eigenvalue weighted by Gasteiger charge is -2.47. The maximum atomic E-state index is 13.1. The average Bonchev–Trinajstić information content (AvgIpc) is 3.16. The highest BCUT2D eigenvalue weighted by Crippen LogP contribution is 2.47. The second-order valence-corrected chi connectivity index (χ2v) is 10.9. The van der Waals surface area contributed by atoms with Gasteiger partial charge >= 0.3 is 6.09 Å². The molecule has 0 aliphatic carbocycles. The Labute approximate surface area is 205 Å². The van der Waals surface area contributed by atoms with Crippen LogP contribution in [0.4, 0.5) is 10.5 Å². The van der Waals surface area contributed by atoms with Gasteiger partial charge in [-0.3, -0.25) is 14.7 Å². The van der Waals surface area contributed by atoms with E-state index in [-0.39, 0.29) is 25.2 Å². The summed E-state index contributed by atoms with van der Waals surface area (Å²) in [6.45, 7) is 6.01. The number of fused-ring (bicyclic) bond motifs is 2. The van der Waals surface area contributed by atoms with Crippen LogP contribution in [0, 0.1) is 0 Å². The summed E-state index contributed by atoms with van der Waals surface area (Å²) in [5, 5.41) is 10.1. The number of rotatable bonds is 3. The van der Waals surface area contributed by atoms with E-state index in [1.807, 2.05) is 39.0 Å². The first-order valence-corrected chi connectivity index (χ1v) is 12.1. The van der Waals surface area contributed by atoms with Crippen molar-refractivity contribution in [2.45, 2.75) is 39.0 Å². The topological polar surface area (TPSA) is 92.2 Å². The first kappa shape index (κ1) is 22.9. The molecule has 0 unspecified atom stereocenters. The molecule has 1 N–H and O–H groups in total. The van der Waals surface area contributed by atoms with Crippen molar-refractivity contribution in [1.82, 2.24) is 9.88 Å². The van der Waals surface area contributed by atoms with E-state index >= 15 is 0 Å². The number of benzene rings is 1. The number of ether oxygens (including phenoxy) is 2. The minimum atomic E-state index is -0.589. The molecule has 0 atom stereocenters. The Balaban J connectivity index is 1.55. The zero-order chi connectivity index (χ0) is 24.2. The van der Waals surface area contributed by atoms with Crippen LogP contribution in [0.15, 0.2) is 30.5 Å². The largest absolute Gasteiger partial charge is 0.481 e. The maximum Gasteiger partial charge on any atom is 0.410 e. The highest BCUT2D eigenvalue weighted by atomic mass is 35.5. The number of likely N-dealkylation sites (tertiary alicyclic amines) is 1. The molecule has 3 aromatic rings. The van der Waals surface area contributed by atoms with Crippen LogP contribution in [-0.4, -0.2) is 58.3 Å². The molecule has 2 aliphatic rings. The molecule has 0 spiro atoms. The van der Waals surface area contributed by atoms with Gasteiger partial charge in [-0.1, -0.05) is 11.6 Å². The Morgan fingerprint density at radius 2 is 2.06 bits per heavy atom. The molecule has 8 nitrogen and oxygen atoms in total. The highest BCUT2D eigenvalue weighted by Gasteiger charge is 2.43. The summed E-state index contributed by atoms with van der Waals surface area (Å²) in [6, 6.07) is 7.03. The second-order valence-electron chi connectivity index (χ2n) is 9.34. The first-order valence-electron chi connectivity index (χ1n) is 10.9. The zero-order valence-electron chi connectivity index (χ0n) is 19.0.